The van der Waals surface area contributed by atoms with Crippen LogP contribution in [0.3, 0.4) is 0 Å². The lowest BCUT2D eigenvalue weighted by atomic mass is 10.2. The van der Waals surface area contributed by atoms with Crippen molar-refractivity contribution in [1.82, 2.24) is 9.97 Å². The number of carbonyl (C=O) groups is 1. The maximum atomic E-state index is 11.1. The number of aromatic carboxylic acids is 1. The van der Waals surface area contributed by atoms with E-state index < -0.39 is 5.97 Å². The molecular weight excluding hydrogens is 274 g/mol. The van der Waals surface area contributed by atoms with E-state index in [0.717, 1.165) is 23.8 Å². The molecule has 0 saturated heterocycles. The highest BCUT2D eigenvalue weighted by Crippen LogP contribution is 2.26. The van der Waals surface area contributed by atoms with E-state index >= 15 is 0 Å². The van der Waals surface area contributed by atoms with Crippen molar-refractivity contribution in [1.29, 1.82) is 0 Å². The average Bonchev–Trinajstić information content (AvgIpc) is 2.90. The van der Waals surface area contributed by atoms with Gasteiger partial charge in [-0.1, -0.05) is 24.3 Å². The molecule has 0 saturated carbocycles. The fraction of sp³-hybridized carbons (Fsp3) is 0.357. The van der Waals surface area contributed by atoms with Crippen molar-refractivity contribution in [2.24, 2.45) is 0 Å². The number of thiazole rings is 1. The number of anilines is 1. The van der Waals surface area contributed by atoms with Crippen LogP contribution in [0.1, 0.15) is 28.0 Å². The van der Waals surface area contributed by atoms with Crippen LogP contribution < -0.4 is 4.90 Å². The van der Waals surface area contributed by atoms with Crippen LogP contribution in [0, 0.1) is 0 Å². The maximum absolute atomic E-state index is 11.1. The van der Waals surface area contributed by atoms with Gasteiger partial charge in [0.05, 0.1) is 5.69 Å². The number of hydrogen-bond donors (Lipinski definition) is 1. The summed E-state index contributed by atoms with van der Waals surface area (Å²) in [6.45, 7) is 2.67. The van der Waals surface area contributed by atoms with Gasteiger partial charge in [-0.3, -0.25) is 4.98 Å². The van der Waals surface area contributed by atoms with Gasteiger partial charge in [0.1, 0.15) is 4.88 Å². The summed E-state index contributed by atoms with van der Waals surface area (Å²) in [6.07, 6.45) is 3.21. The summed E-state index contributed by atoms with van der Waals surface area (Å²) < 4.78 is 0. The minimum atomic E-state index is -0.899. The van der Waals surface area contributed by atoms with Crippen molar-refractivity contribution >= 4 is 22.4 Å². The fourth-order valence-electron chi connectivity index (χ4n) is 1.83. The molecule has 1 N–H and O–H groups in total. The molecule has 0 aliphatic heterocycles. The molecule has 6 heteroatoms. The van der Waals surface area contributed by atoms with Crippen molar-refractivity contribution < 1.29 is 9.90 Å². The molecule has 106 valence electrons. The molecule has 0 aromatic carbocycles. The molecule has 0 aliphatic carbocycles. The first-order chi connectivity index (χ1) is 9.61. The van der Waals surface area contributed by atoms with Crippen LogP contribution in [0.4, 0.5) is 5.13 Å². The van der Waals surface area contributed by atoms with Crippen molar-refractivity contribution in [3.8, 4) is 0 Å². The lowest BCUT2D eigenvalue weighted by Crippen LogP contribution is -2.20. The number of carboxylic acid groups (broad SMARTS) is 1. The van der Waals surface area contributed by atoms with Crippen molar-refractivity contribution in [2.45, 2.75) is 19.8 Å². The quantitative estimate of drug-likeness (QED) is 0.885. The van der Waals surface area contributed by atoms with Crippen LogP contribution in [-0.4, -0.2) is 34.6 Å². The number of carboxylic acids is 1. The predicted molar refractivity (Wildman–Crippen MR) is 79.7 cm³/mol. The Morgan fingerprint density at radius 1 is 1.45 bits per heavy atom. The van der Waals surface area contributed by atoms with E-state index in [-0.39, 0.29) is 0 Å². The normalized spacial score (nSPS) is 10.5. The van der Waals surface area contributed by atoms with Crippen LogP contribution in [-0.2, 0) is 12.8 Å². The SMILES string of the molecule is CCc1nc(N(C)CCc2ccccn2)sc1C(=O)O. The molecule has 0 amide bonds. The van der Waals surface area contributed by atoms with E-state index in [0.29, 0.717) is 17.0 Å². The summed E-state index contributed by atoms with van der Waals surface area (Å²) in [7, 11) is 1.92. The van der Waals surface area contributed by atoms with Crippen molar-refractivity contribution in [3.05, 3.63) is 40.7 Å². The molecule has 0 bridgehead atoms. The minimum Gasteiger partial charge on any atom is -0.477 e. The van der Waals surface area contributed by atoms with Crippen LogP contribution in [0.25, 0.3) is 0 Å². The Balaban J connectivity index is 2.05. The van der Waals surface area contributed by atoms with E-state index in [4.69, 9.17) is 5.11 Å². The Morgan fingerprint density at radius 2 is 2.25 bits per heavy atom. The van der Waals surface area contributed by atoms with Gasteiger partial charge in [0.15, 0.2) is 5.13 Å². The molecule has 0 radical (unpaired) electrons. The second kappa shape index (κ2) is 6.47. The number of nitrogens with zero attached hydrogens (tertiary/aromatic N) is 3. The monoisotopic (exact) mass is 291 g/mol. The predicted octanol–water partition coefficient (Wildman–Crippen LogP) is 2.48. The first-order valence-corrected chi connectivity index (χ1v) is 7.27. The standard InChI is InChI=1S/C14H17N3O2S/c1-3-11-12(13(18)19)20-14(16-11)17(2)9-7-10-6-4-5-8-15-10/h4-6,8H,3,7,9H2,1-2H3,(H,18,19). The van der Waals surface area contributed by atoms with Crippen molar-refractivity contribution in [2.75, 3.05) is 18.5 Å². The van der Waals surface area contributed by atoms with Gasteiger partial charge in [0, 0.05) is 31.9 Å². The Labute approximate surface area is 121 Å². The topological polar surface area (TPSA) is 66.3 Å². The van der Waals surface area contributed by atoms with E-state index in [1.165, 1.54) is 11.3 Å². The Bertz CT molecular complexity index is 583. The fourth-order valence-corrected chi connectivity index (χ4v) is 2.81. The second-order valence-electron chi connectivity index (χ2n) is 4.42. The maximum Gasteiger partial charge on any atom is 0.347 e. The smallest absolute Gasteiger partial charge is 0.347 e. The van der Waals surface area contributed by atoms with Gasteiger partial charge in [-0.2, -0.15) is 0 Å². The lowest BCUT2D eigenvalue weighted by molar-refractivity contribution is 0.0701. The first kappa shape index (κ1) is 14.5. The molecule has 20 heavy (non-hydrogen) atoms. The zero-order chi connectivity index (χ0) is 14.5. The van der Waals surface area contributed by atoms with Gasteiger partial charge in [-0.05, 0) is 18.6 Å². The summed E-state index contributed by atoms with van der Waals surface area (Å²) in [5, 5.41) is 9.89. The summed E-state index contributed by atoms with van der Waals surface area (Å²) >= 11 is 1.23. The van der Waals surface area contributed by atoms with Gasteiger partial charge >= 0.3 is 5.97 Å². The molecule has 2 aromatic rings. The van der Waals surface area contributed by atoms with Crippen molar-refractivity contribution in [3.63, 3.8) is 0 Å². The minimum absolute atomic E-state index is 0.340. The third-order valence-electron chi connectivity index (χ3n) is 2.97. The Kier molecular flexibility index (Phi) is 4.68. The lowest BCUT2D eigenvalue weighted by Gasteiger charge is -2.14. The molecular formula is C14H17N3O2S. The van der Waals surface area contributed by atoms with Gasteiger partial charge < -0.3 is 10.0 Å². The third-order valence-corrected chi connectivity index (χ3v) is 4.17. The number of pyridine rings is 1. The molecule has 2 aromatic heterocycles. The third kappa shape index (κ3) is 3.33. The number of likely N-dealkylation sites (N-methyl/N-ethyl adjacent to an activating group) is 1. The van der Waals surface area contributed by atoms with Gasteiger partial charge in [0.2, 0.25) is 0 Å². The van der Waals surface area contributed by atoms with E-state index in [1.807, 2.05) is 37.1 Å². The molecule has 0 unspecified atom stereocenters. The Morgan fingerprint density at radius 3 is 2.80 bits per heavy atom. The molecule has 5 nitrogen and oxygen atoms in total. The van der Waals surface area contributed by atoms with Crippen LogP contribution >= 0.6 is 11.3 Å². The highest BCUT2D eigenvalue weighted by molar-refractivity contribution is 7.17. The van der Waals surface area contributed by atoms with Gasteiger partial charge in [-0.15, -0.1) is 0 Å². The zero-order valence-electron chi connectivity index (χ0n) is 11.5. The molecule has 0 spiro atoms. The van der Waals surface area contributed by atoms with Crippen LogP contribution in [0.2, 0.25) is 0 Å². The molecule has 0 fully saturated rings. The average molecular weight is 291 g/mol. The first-order valence-electron chi connectivity index (χ1n) is 6.45. The van der Waals surface area contributed by atoms with Crippen LogP contribution in [0.5, 0.6) is 0 Å². The largest absolute Gasteiger partial charge is 0.477 e. The Hall–Kier alpha value is -1.95. The second-order valence-corrected chi connectivity index (χ2v) is 5.40. The number of hydrogen-bond acceptors (Lipinski definition) is 5. The van der Waals surface area contributed by atoms with Gasteiger partial charge in [0.25, 0.3) is 0 Å². The molecule has 2 rings (SSSR count). The van der Waals surface area contributed by atoms with Crippen LogP contribution in [0.15, 0.2) is 24.4 Å². The molecule has 2 heterocycles. The number of aromatic nitrogens is 2. The molecule has 0 aliphatic rings. The highest BCUT2D eigenvalue weighted by Gasteiger charge is 2.17. The zero-order valence-corrected chi connectivity index (χ0v) is 12.4. The summed E-state index contributed by atoms with van der Waals surface area (Å²) in [5.74, 6) is -0.899. The highest BCUT2D eigenvalue weighted by atomic mass is 32.1. The van der Waals surface area contributed by atoms with Gasteiger partial charge in [-0.25, -0.2) is 9.78 Å². The summed E-state index contributed by atoms with van der Waals surface area (Å²) in [4.78, 5) is 22.1. The number of aryl methyl sites for hydroxylation is 1. The summed E-state index contributed by atoms with van der Waals surface area (Å²) in [5.41, 5.74) is 1.67. The summed E-state index contributed by atoms with van der Waals surface area (Å²) in [6, 6.07) is 5.83. The number of rotatable bonds is 6. The molecule has 0 atom stereocenters. The van der Waals surface area contributed by atoms with E-state index in [2.05, 4.69) is 9.97 Å². The van der Waals surface area contributed by atoms with E-state index in [1.54, 1.807) is 6.20 Å². The van der Waals surface area contributed by atoms with E-state index in [9.17, 15) is 4.79 Å².